The van der Waals surface area contributed by atoms with E-state index in [2.05, 4.69) is 67.0 Å². The van der Waals surface area contributed by atoms with Gasteiger partial charge in [-0.15, -0.1) is 0 Å². The zero-order chi connectivity index (χ0) is 13.4. The quantitative estimate of drug-likeness (QED) is 0.633. The average molecular weight is 261 g/mol. The summed E-state index contributed by atoms with van der Waals surface area (Å²) in [7, 11) is -2.57. The highest BCUT2D eigenvalue weighted by molar-refractivity contribution is 6.79. The molecule has 0 aliphatic heterocycles. The van der Waals surface area contributed by atoms with Crippen molar-refractivity contribution in [1.82, 2.24) is 0 Å². The molecule has 0 bridgehead atoms. The Labute approximate surface area is 105 Å². The fourth-order valence-corrected chi connectivity index (χ4v) is 4.49. The summed E-state index contributed by atoms with van der Waals surface area (Å²) in [6.07, 6.45) is 0. The smallest absolute Gasteiger partial charge is 0.183 e. The monoisotopic (exact) mass is 260 g/mol. The van der Waals surface area contributed by atoms with Crippen LogP contribution < -0.4 is 0 Å². The molecule has 1 nitrogen and oxygen atoms in total. The third-order valence-corrected chi connectivity index (χ3v) is 9.87. The van der Waals surface area contributed by atoms with Gasteiger partial charge in [0, 0.05) is 6.61 Å². The summed E-state index contributed by atoms with van der Waals surface area (Å²) in [6, 6.07) is 0. The average Bonchev–Trinajstić information content (AvgIpc) is 1.97. The van der Waals surface area contributed by atoms with Gasteiger partial charge in [0.15, 0.2) is 8.32 Å². The standard InChI is InChI=1S/C13H32OSi2/c1-12(2,11-14-16(8,9)10)13(3,4)15(5,6)7/h11H2,1-10H3. The molecule has 0 unspecified atom stereocenters. The molecular formula is C13H32OSi2. The Morgan fingerprint density at radius 2 is 1.19 bits per heavy atom. The van der Waals surface area contributed by atoms with Crippen LogP contribution in [-0.4, -0.2) is 23.0 Å². The minimum absolute atomic E-state index is 0.262. The molecule has 0 spiro atoms. The van der Waals surface area contributed by atoms with Gasteiger partial charge >= 0.3 is 0 Å². The summed E-state index contributed by atoms with van der Waals surface area (Å²) in [6.45, 7) is 24.7. The highest BCUT2D eigenvalue weighted by Crippen LogP contribution is 2.52. The van der Waals surface area contributed by atoms with Crippen LogP contribution in [0.25, 0.3) is 0 Å². The van der Waals surface area contributed by atoms with Crippen LogP contribution in [-0.2, 0) is 4.43 Å². The first-order valence-electron chi connectivity index (χ1n) is 6.35. The van der Waals surface area contributed by atoms with Gasteiger partial charge in [0.2, 0.25) is 0 Å². The second-order valence-electron chi connectivity index (χ2n) is 8.16. The number of hydrogen-bond donors (Lipinski definition) is 0. The fourth-order valence-electron chi connectivity index (χ4n) is 1.59. The molecular weight excluding hydrogens is 228 g/mol. The molecule has 0 N–H and O–H groups in total. The maximum Gasteiger partial charge on any atom is 0.183 e. The zero-order valence-corrected chi connectivity index (χ0v) is 15.1. The van der Waals surface area contributed by atoms with Gasteiger partial charge in [-0.05, 0) is 30.1 Å². The van der Waals surface area contributed by atoms with Crippen LogP contribution in [0.15, 0.2) is 0 Å². The van der Waals surface area contributed by atoms with Gasteiger partial charge in [0.05, 0.1) is 8.07 Å². The predicted octanol–water partition coefficient (Wildman–Crippen LogP) is 4.98. The lowest BCUT2D eigenvalue weighted by Crippen LogP contribution is -2.48. The predicted molar refractivity (Wildman–Crippen MR) is 80.5 cm³/mol. The molecule has 3 heteroatoms. The van der Waals surface area contributed by atoms with Crippen LogP contribution in [0.1, 0.15) is 27.7 Å². The van der Waals surface area contributed by atoms with Gasteiger partial charge in [-0.1, -0.05) is 47.3 Å². The fraction of sp³-hybridized carbons (Fsp3) is 1.00. The van der Waals surface area contributed by atoms with E-state index in [-0.39, 0.29) is 5.41 Å². The minimum atomic E-state index is -1.39. The topological polar surface area (TPSA) is 9.23 Å². The van der Waals surface area contributed by atoms with E-state index in [1.807, 2.05) is 0 Å². The minimum Gasteiger partial charge on any atom is -0.417 e. The zero-order valence-electron chi connectivity index (χ0n) is 13.1. The van der Waals surface area contributed by atoms with Crippen molar-refractivity contribution in [2.24, 2.45) is 5.41 Å². The van der Waals surface area contributed by atoms with Crippen LogP contribution in [0.3, 0.4) is 0 Å². The van der Waals surface area contributed by atoms with Crippen molar-refractivity contribution in [2.45, 2.75) is 72.0 Å². The largest absolute Gasteiger partial charge is 0.417 e. The molecule has 0 heterocycles. The van der Waals surface area contributed by atoms with E-state index in [1.54, 1.807) is 0 Å². The van der Waals surface area contributed by atoms with Gasteiger partial charge in [-0.2, -0.15) is 0 Å². The van der Waals surface area contributed by atoms with Crippen LogP contribution in [0.5, 0.6) is 0 Å². The second-order valence-corrected chi connectivity index (χ2v) is 18.4. The summed E-state index contributed by atoms with van der Waals surface area (Å²) < 4.78 is 6.14. The molecule has 0 rings (SSSR count). The molecule has 0 radical (unpaired) electrons. The summed E-state index contributed by atoms with van der Waals surface area (Å²) in [5.74, 6) is 0. The first-order valence-corrected chi connectivity index (χ1v) is 13.3. The van der Waals surface area contributed by atoms with Gasteiger partial charge in [-0.25, -0.2) is 0 Å². The highest BCUT2D eigenvalue weighted by Gasteiger charge is 2.46. The lowest BCUT2D eigenvalue weighted by Gasteiger charge is -2.50. The summed E-state index contributed by atoms with van der Waals surface area (Å²) in [5, 5.41) is 0.389. The van der Waals surface area contributed by atoms with Crippen LogP contribution in [0, 0.1) is 5.41 Å². The number of rotatable bonds is 5. The van der Waals surface area contributed by atoms with E-state index in [0.717, 1.165) is 6.61 Å². The summed E-state index contributed by atoms with van der Waals surface area (Å²) in [5.41, 5.74) is 0.262. The second kappa shape index (κ2) is 4.58. The molecule has 0 aromatic rings. The van der Waals surface area contributed by atoms with Gasteiger partial charge < -0.3 is 4.43 Å². The Morgan fingerprint density at radius 3 is 1.44 bits per heavy atom. The van der Waals surface area contributed by atoms with Crippen molar-refractivity contribution in [3.05, 3.63) is 0 Å². The van der Waals surface area contributed by atoms with Crippen molar-refractivity contribution in [1.29, 1.82) is 0 Å². The SMILES string of the molecule is CC(C)(CO[Si](C)(C)C)C(C)(C)[Si](C)(C)C. The lowest BCUT2D eigenvalue weighted by atomic mass is 9.81. The van der Waals surface area contributed by atoms with Gasteiger partial charge in [0.1, 0.15) is 0 Å². The van der Waals surface area contributed by atoms with E-state index < -0.39 is 16.4 Å². The summed E-state index contributed by atoms with van der Waals surface area (Å²) in [4.78, 5) is 0. The molecule has 0 amide bonds. The van der Waals surface area contributed by atoms with Gasteiger partial charge in [-0.3, -0.25) is 0 Å². The van der Waals surface area contributed by atoms with E-state index in [4.69, 9.17) is 4.43 Å². The molecule has 0 saturated heterocycles. The molecule has 0 aromatic carbocycles. The normalized spacial score (nSPS) is 15.4. The van der Waals surface area contributed by atoms with Crippen molar-refractivity contribution < 1.29 is 4.43 Å². The van der Waals surface area contributed by atoms with Crippen molar-refractivity contribution >= 4 is 16.4 Å². The van der Waals surface area contributed by atoms with E-state index in [0.29, 0.717) is 5.04 Å². The lowest BCUT2D eigenvalue weighted by molar-refractivity contribution is 0.130. The highest BCUT2D eigenvalue weighted by atomic mass is 28.4. The Bertz CT molecular complexity index is 231. The molecule has 0 aliphatic carbocycles. The Balaban J connectivity index is 4.79. The molecule has 16 heavy (non-hydrogen) atoms. The third-order valence-electron chi connectivity index (χ3n) is 4.43. The molecule has 0 aliphatic rings. The Kier molecular flexibility index (Phi) is 4.69. The third kappa shape index (κ3) is 4.00. The number of hydrogen-bond acceptors (Lipinski definition) is 1. The molecule has 98 valence electrons. The van der Waals surface area contributed by atoms with Crippen molar-refractivity contribution in [2.75, 3.05) is 6.61 Å². The maximum absolute atomic E-state index is 6.14. The Morgan fingerprint density at radius 1 is 0.812 bits per heavy atom. The van der Waals surface area contributed by atoms with Crippen LogP contribution in [0.2, 0.25) is 44.3 Å². The molecule has 0 atom stereocenters. The first kappa shape index (κ1) is 16.4. The van der Waals surface area contributed by atoms with E-state index in [9.17, 15) is 0 Å². The van der Waals surface area contributed by atoms with Gasteiger partial charge in [0.25, 0.3) is 0 Å². The molecule has 0 fully saturated rings. The van der Waals surface area contributed by atoms with Crippen LogP contribution in [0.4, 0.5) is 0 Å². The molecule has 0 saturated carbocycles. The van der Waals surface area contributed by atoms with Crippen LogP contribution >= 0.6 is 0 Å². The molecule has 0 aromatic heterocycles. The van der Waals surface area contributed by atoms with Crippen molar-refractivity contribution in [3.63, 3.8) is 0 Å². The van der Waals surface area contributed by atoms with E-state index >= 15 is 0 Å². The Hall–Kier alpha value is 0.394. The van der Waals surface area contributed by atoms with E-state index in [1.165, 1.54) is 0 Å². The first-order chi connectivity index (χ1) is 6.71. The maximum atomic E-state index is 6.14. The summed E-state index contributed by atoms with van der Waals surface area (Å²) >= 11 is 0. The van der Waals surface area contributed by atoms with Crippen molar-refractivity contribution in [3.8, 4) is 0 Å².